The van der Waals surface area contributed by atoms with Gasteiger partial charge in [0.15, 0.2) is 6.10 Å². The van der Waals surface area contributed by atoms with Gasteiger partial charge in [0.05, 0.1) is 33.9 Å². The quantitative estimate of drug-likeness (QED) is 0.0226. The number of phosphoric acid groups is 1. The van der Waals surface area contributed by atoms with Crippen LogP contribution in [0.5, 0.6) is 0 Å². The van der Waals surface area contributed by atoms with Crippen LogP contribution in [-0.4, -0.2) is 81.2 Å². The van der Waals surface area contributed by atoms with Gasteiger partial charge in [-0.25, -0.2) is 0 Å². The first-order valence-corrected chi connectivity index (χ1v) is 24.3. The van der Waals surface area contributed by atoms with E-state index in [2.05, 4.69) is 52.0 Å². The molecule has 0 saturated heterocycles. The highest BCUT2D eigenvalue weighted by Gasteiger charge is 2.22. The summed E-state index contributed by atoms with van der Waals surface area (Å²) in [5, 5.41) is 9.83. The van der Waals surface area contributed by atoms with Crippen LogP contribution in [0.2, 0.25) is 0 Å². The molecule has 0 saturated carbocycles. The number of rotatable bonds is 37. The van der Waals surface area contributed by atoms with E-state index in [-0.39, 0.29) is 32.2 Å². The van der Waals surface area contributed by atoms with Crippen LogP contribution in [0.4, 0.5) is 0 Å². The van der Waals surface area contributed by atoms with E-state index in [0.29, 0.717) is 30.3 Å². The molecule has 0 aliphatic rings. The van der Waals surface area contributed by atoms with Crippen LogP contribution < -0.4 is 4.89 Å². The minimum atomic E-state index is -4.66. The highest BCUT2D eigenvalue weighted by atomic mass is 31.2. The molecule has 0 radical (unpaired) electrons. The Balaban J connectivity index is 2.38. The second-order valence-corrected chi connectivity index (χ2v) is 18.2. The average Bonchev–Trinajstić information content (AvgIpc) is 3.45. The first kappa shape index (κ1) is 55.2. The summed E-state index contributed by atoms with van der Waals surface area (Å²) in [5.41, 5.74) is 2.62. The number of quaternary nitrogens is 1. The fourth-order valence-corrected chi connectivity index (χ4v) is 6.97. The summed E-state index contributed by atoms with van der Waals surface area (Å²) in [6.07, 6.45) is 33.3. The molecule has 1 rings (SSSR count). The van der Waals surface area contributed by atoms with Gasteiger partial charge in [0, 0.05) is 25.7 Å². The van der Waals surface area contributed by atoms with Gasteiger partial charge in [0.25, 0.3) is 7.82 Å². The molecule has 1 heterocycles. The Morgan fingerprint density at radius 3 is 1.90 bits per heavy atom. The van der Waals surface area contributed by atoms with Crippen LogP contribution in [0.3, 0.4) is 0 Å². The predicted molar refractivity (Wildman–Crippen MR) is 240 cm³/mol. The third kappa shape index (κ3) is 30.3. The number of phosphoric ester groups is 1. The van der Waals surface area contributed by atoms with Gasteiger partial charge in [-0.2, -0.15) is 0 Å². The maximum Gasteiger partial charge on any atom is 0.306 e. The minimum absolute atomic E-state index is 0.0568. The van der Waals surface area contributed by atoms with Crippen molar-refractivity contribution in [2.24, 2.45) is 0 Å². The Bertz CT molecular complexity index is 1460. The topological polar surface area (TPSA) is 145 Å². The predicted octanol–water partition coefficient (Wildman–Crippen LogP) is 10.7. The number of ether oxygens (including phenoxy) is 2. The van der Waals surface area contributed by atoms with Crippen molar-refractivity contribution in [1.29, 1.82) is 0 Å². The number of nitrogens with zero attached hydrogens (tertiary/aromatic N) is 1. The fourth-order valence-electron chi connectivity index (χ4n) is 6.24. The minimum Gasteiger partial charge on any atom is -0.756 e. The van der Waals surface area contributed by atoms with E-state index < -0.39 is 32.5 Å². The van der Waals surface area contributed by atoms with Gasteiger partial charge in [0.1, 0.15) is 31.3 Å². The third-order valence-electron chi connectivity index (χ3n) is 10.1. The molecule has 0 spiro atoms. The Hall–Kier alpha value is -2.79. The molecule has 11 nitrogen and oxygen atoms in total. The van der Waals surface area contributed by atoms with Gasteiger partial charge in [-0.3, -0.25) is 14.2 Å². The maximum atomic E-state index is 12.7. The van der Waals surface area contributed by atoms with Gasteiger partial charge in [0.2, 0.25) is 0 Å². The number of carbonyl (C=O) groups is 2. The third-order valence-corrected chi connectivity index (χ3v) is 11.1. The van der Waals surface area contributed by atoms with E-state index in [4.69, 9.17) is 22.9 Å². The molecule has 344 valence electrons. The largest absolute Gasteiger partial charge is 0.756 e. The molecule has 12 heteroatoms. The van der Waals surface area contributed by atoms with Crippen molar-refractivity contribution in [3.8, 4) is 0 Å². The highest BCUT2D eigenvalue weighted by molar-refractivity contribution is 7.45. The summed E-state index contributed by atoms with van der Waals surface area (Å²) < 4.78 is 40.0. The lowest BCUT2D eigenvalue weighted by molar-refractivity contribution is -0.870. The first-order valence-electron chi connectivity index (χ1n) is 22.8. The van der Waals surface area contributed by atoms with Crippen molar-refractivity contribution >= 4 is 19.8 Å². The Morgan fingerprint density at radius 2 is 1.28 bits per heavy atom. The van der Waals surface area contributed by atoms with E-state index in [1.807, 2.05) is 45.4 Å². The van der Waals surface area contributed by atoms with E-state index in [9.17, 15) is 24.2 Å². The van der Waals surface area contributed by atoms with Crippen molar-refractivity contribution in [3.05, 3.63) is 71.3 Å². The smallest absolute Gasteiger partial charge is 0.306 e. The number of unbranched alkanes of at least 4 members (excludes halogenated alkanes) is 9. The molecule has 1 unspecified atom stereocenters. The number of esters is 2. The van der Waals surface area contributed by atoms with Gasteiger partial charge in [-0.15, -0.1) is 0 Å². The van der Waals surface area contributed by atoms with Crippen molar-refractivity contribution in [1.82, 2.24) is 0 Å². The Kier molecular flexibility index (Phi) is 31.1. The number of aliphatic hydroxyl groups excluding tert-OH is 1. The number of likely N-dealkylation sites (N-methyl/N-ethyl adjacent to an activating group) is 1. The SMILES string of the molecule is CCCC[C@@H](O)/C=C\C/C=C\C/C=C\C/C=C\CCCC(=O)O[C@H](COC(=O)CCCCCCCCCCc1oc(CCC)c(C)c1C)COP(=O)([O-])OCC[N+](C)(C)C. The molecule has 1 N–H and O–H groups in total. The highest BCUT2D eigenvalue weighted by Crippen LogP contribution is 2.38. The monoisotopic (exact) mass is 864 g/mol. The number of carbonyl (C=O) groups excluding carboxylic acids is 2. The van der Waals surface area contributed by atoms with Gasteiger partial charge in [-0.1, -0.05) is 114 Å². The van der Waals surface area contributed by atoms with Crippen LogP contribution in [-0.2, 0) is 45.5 Å². The van der Waals surface area contributed by atoms with E-state index >= 15 is 0 Å². The van der Waals surface area contributed by atoms with Crippen LogP contribution >= 0.6 is 7.82 Å². The van der Waals surface area contributed by atoms with Crippen LogP contribution in [0.25, 0.3) is 0 Å². The number of aliphatic hydroxyl groups is 1. The van der Waals surface area contributed by atoms with E-state index in [1.165, 1.54) is 24.0 Å². The summed E-state index contributed by atoms with van der Waals surface area (Å²) in [6.45, 7) is 8.20. The summed E-state index contributed by atoms with van der Waals surface area (Å²) in [4.78, 5) is 37.6. The molecule has 0 aliphatic carbocycles. The van der Waals surface area contributed by atoms with Gasteiger partial charge >= 0.3 is 11.9 Å². The van der Waals surface area contributed by atoms with Crippen molar-refractivity contribution in [3.63, 3.8) is 0 Å². The molecular formula is C48H82NO10P. The molecule has 60 heavy (non-hydrogen) atoms. The molecular weight excluding hydrogens is 781 g/mol. The zero-order chi connectivity index (χ0) is 44.5. The second kappa shape index (κ2) is 33.8. The molecule has 0 aliphatic heterocycles. The maximum absolute atomic E-state index is 12.7. The Morgan fingerprint density at radius 1 is 0.717 bits per heavy atom. The van der Waals surface area contributed by atoms with Crippen LogP contribution in [0.1, 0.15) is 158 Å². The summed E-state index contributed by atoms with van der Waals surface area (Å²) in [7, 11) is 1.08. The molecule has 0 fully saturated rings. The number of allylic oxidation sites excluding steroid dienone is 7. The van der Waals surface area contributed by atoms with Gasteiger partial charge in [-0.05, 0) is 82.8 Å². The molecule has 1 aromatic rings. The van der Waals surface area contributed by atoms with Crippen LogP contribution in [0, 0.1) is 13.8 Å². The number of furan rings is 1. The molecule has 3 atom stereocenters. The number of aryl methyl sites for hydroxylation is 2. The average molecular weight is 864 g/mol. The van der Waals surface area contributed by atoms with E-state index in [0.717, 1.165) is 101 Å². The summed E-state index contributed by atoms with van der Waals surface area (Å²) in [5.74, 6) is 1.34. The Labute approximate surface area is 363 Å². The fraction of sp³-hybridized carbons (Fsp3) is 0.708. The lowest BCUT2D eigenvalue weighted by Crippen LogP contribution is -2.37. The van der Waals surface area contributed by atoms with E-state index in [1.54, 1.807) is 0 Å². The van der Waals surface area contributed by atoms with Crippen molar-refractivity contribution in [2.75, 3.05) is 47.5 Å². The number of hydrogen-bond donors (Lipinski definition) is 1. The number of hydrogen-bond acceptors (Lipinski definition) is 10. The summed E-state index contributed by atoms with van der Waals surface area (Å²) >= 11 is 0. The summed E-state index contributed by atoms with van der Waals surface area (Å²) in [6, 6.07) is 0. The van der Waals surface area contributed by atoms with Crippen LogP contribution in [0.15, 0.2) is 53.0 Å². The lowest BCUT2D eigenvalue weighted by Gasteiger charge is -2.28. The lowest BCUT2D eigenvalue weighted by atomic mass is 10.0. The molecule has 1 aromatic heterocycles. The molecule has 0 aromatic carbocycles. The molecule has 0 amide bonds. The normalized spacial score (nSPS) is 14.5. The molecule has 0 bridgehead atoms. The van der Waals surface area contributed by atoms with Crippen molar-refractivity contribution < 1.29 is 51.6 Å². The zero-order valence-corrected chi connectivity index (χ0v) is 39.4. The zero-order valence-electron chi connectivity index (χ0n) is 38.5. The standard InChI is InChI=1S/C48H82NO10P/c1-8-10-32-43(50)33-27-23-19-15-13-11-12-14-16-22-26-30-36-48(52)58-44(40-57-60(53,54)56-38-37-49(5,6)7)39-55-47(51)35-29-25-21-18-17-20-24-28-34-46-42(4)41(3)45(59-46)31-9-2/h11-12,15-16,19,22,27,33,43-44,50H,8-10,13-14,17-18,20-21,23-26,28-32,34-40H2,1-7H3/b12-11-,19-15-,22-16-,33-27-/t43-,44-/m1/s1. The first-order chi connectivity index (χ1) is 28.7. The van der Waals surface area contributed by atoms with Gasteiger partial charge < -0.3 is 37.4 Å². The van der Waals surface area contributed by atoms with Crippen molar-refractivity contribution in [2.45, 2.75) is 175 Å². The second-order valence-electron chi connectivity index (χ2n) is 16.8.